The highest BCUT2D eigenvalue weighted by atomic mass is 16.5. The molecule has 2 aliphatic heterocycles. The molecule has 126 valence electrons. The Labute approximate surface area is 142 Å². The summed E-state index contributed by atoms with van der Waals surface area (Å²) in [6, 6.07) is 8.96. The van der Waals surface area contributed by atoms with E-state index < -0.39 is 6.10 Å². The van der Waals surface area contributed by atoms with E-state index in [9.17, 15) is 5.11 Å². The molecule has 2 aliphatic rings. The molecule has 3 unspecified atom stereocenters. The normalized spacial score (nSPS) is 24.7. The predicted octanol–water partition coefficient (Wildman–Crippen LogP) is 1.03. The average molecular weight is 326 g/mol. The van der Waals surface area contributed by atoms with Gasteiger partial charge in [-0.05, 0) is 42.5 Å². The maximum Gasteiger partial charge on any atom is 0.179 e. The minimum absolute atomic E-state index is 0.238. The van der Waals surface area contributed by atoms with Gasteiger partial charge in [0, 0.05) is 32.7 Å². The number of β-amino-alcohol motifs (C(OH)–C–C–N with tert-alkyl or cyclic N) is 1. The molecule has 6 heteroatoms. The SMILES string of the molecule is N#Cc1ccc(OCC(O)CN2CC3CC(CN(C#N)C3)C2)cc1. The first kappa shape index (κ1) is 16.6. The summed E-state index contributed by atoms with van der Waals surface area (Å²) >= 11 is 0. The minimum atomic E-state index is -0.550. The van der Waals surface area contributed by atoms with Crippen LogP contribution in [0.2, 0.25) is 0 Å². The lowest BCUT2D eigenvalue weighted by molar-refractivity contribution is 0.0123. The van der Waals surface area contributed by atoms with Gasteiger partial charge in [-0.15, -0.1) is 0 Å². The van der Waals surface area contributed by atoms with Crippen LogP contribution in [0.5, 0.6) is 5.75 Å². The molecule has 24 heavy (non-hydrogen) atoms. The summed E-state index contributed by atoms with van der Waals surface area (Å²) < 4.78 is 5.60. The monoisotopic (exact) mass is 326 g/mol. The molecule has 0 amide bonds. The molecule has 3 atom stereocenters. The topological polar surface area (TPSA) is 83.5 Å². The Bertz CT molecular complexity index is 620. The van der Waals surface area contributed by atoms with Crippen LogP contribution in [0.15, 0.2) is 24.3 Å². The minimum Gasteiger partial charge on any atom is -0.491 e. The fourth-order valence-electron chi connectivity index (χ4n) is 3.79. The van der Waals surface area contributed by atoms with Gasteiger partial charge >= 0.3 is 0 Å². The summed E-state index contributed by atoms with van der Waals surface area (Å²) in [6.45, 7) is 4.37. The Hall–Kier alpha value is -2.28. The number of aliphatic hydroxyl groups is 1. The third-order valence-electron chi connectivity index (χ3n) is 4.69. The van der Waals surface area contributed by atoms with Gasteiger partial charge in [0.05, 0.1) is 11.6 Å². The molecule has 2 fully saturated rings. The zero-order chi connectivity index (χ0) is 16.9. The van der Waals surface area contributed by atoms with Gasteiger partial charge in [-0.1, -0.05) is 0 Å². The van der Waals surface area contributed by atoms with E-state index in [0.717, 1.165) is 26.2 Å². The Morgan fingerprint density at radius 1 is 1.12 bits per heavy atom. The Kier molecular flexibility index (Phi) is 5.20. The maximum absolute atomic E-state index is 10.2. The van der Waals surface area contributed by atoms with Crippen LogP contribution in [0.3, 0.4) is 0 Å². The number of ether oxygens (including phenoxy) is 1. The second-order valence-electron chi connectivity index (χ2n) is 6.79. The molecule has 2 saturated heterocycles. The van der Waals surface area contributed by atoms with Crippen molar-refractivity contribution in [2.24, 2.45) is 11.8 Å². The molecule has 1 N–H and O–H groups in total. The Morgan fingerprint density at radius 2 is 1.79 bits per heavy atom. The van der Waals surface area contributed by atoms with Crippen LogP contribution in [-0.2, 0) is 0 Å². The number of nitriles is 2. The summed E-state index contributed by atoms with van der Waals surface area (Å²) in [5.74, 6) is 1.70. The number of rotatable bonds is 5. The van der Waals surface area contributed by atoms with Crippen LogP contribution in [-0.4, -0.2) is 60.3 Å². The first-order valence-electron chi connectivity index (χ1n) is 8.34. The standard InChI is InChI=1S/C18H22N4O2/c19-6-14-1-3-18(4-2-14)24-12-17(23)11-21-7-15-5-16(8-21)10-22(9-15)13-20/h1-4,15-17,23H,5,7-12H2. The van der Waals surface area contributed by atoms with E-state index in [-0.39, 0.29) is 6.61 Å². The van der Waals surface area contributed by atoms with Crippen molar-refractivity contribution < 1.29 is 9.84 Å². The van der Waals surface area contributed by atoms with Crippen molar-refractivity contribution in [3.8, 4) is 18.0 Å². The fraction of sp³-hybridized carbons (Fsp3) is 0.556. The second kappa shape index (κ2) is 7.53. The zero-order valence-electron chi connectivity index (χ0n) is 13.6. The van der Waals surface area contributed by atoms with E-state index in [4.69, 9.17) is 15.3 Å². The molecule has 2 heterocycles. The Balaban J connectivity index is 1.44. The van der Waals surface area contributed by atoms with Crippen molar-refractivity contribution >= 4 is 0 Å². The van der Waals surface area contributed by atoms with Gasteiger partial charge in [0.25, 0.3) is 0 Å². The highest BCUT2D eigenvalue weighted by Crippen LogP contribution is 2.28. The molecule has 0 spiro atoms. The van der Waals surface area contributed by atoms with E-state index in [1.807, 2.05) is 4.90 Å². The molecule has 0 aliphatic carbocycles. The lowest BCUT2D eigenvalue weighted by atomic mass is 9.85. The first-order chi connectivity index (χ1) is 11.7. The van der Waals surface area contributed by atoms with Crippen LogP contribution < -0.4 is 4.74 Å². The molecular weight excluding hydrogens is 304 g/mol. The van der Waals surface area contributed by atoms with Crippen LogP contribution in [0.4, 0.5) is 0 Å². The van der Waals surface area contributed by atoms with Crippen LogP contribution in [0, 0.1) is 34.6 Å². The summed E-state index contributed by atoms with van der Waals surface area (Å²) in [6.07, 6.45) is 2.90. The third-order valence-corrected chi connectivity index (χ3v) is 4.69. The highest BCUT2D eigenvalue weighted by molar-refractivity contribution is 5.34. The Morgan fingerprint density at radius 3 is 2.38 bits per heavy atom. The molecular formula is C18H22N4O2. The largest absolute Gasteiger partial charge is 0.491 e. The van der Waals surface area contributed by atoms with E-state index in [0.29, 0.717) is 29.7 Å². The number of aliphatic hydroxyl groups excluding tert-OH is 1. The number of benzene rings is 1. The molecule has 0 radical (unpaired) electrons. The van der Waals surface area contributed by atoms with Crippen LogP contribution >= 0.6 is 0 Å². The summed E-state index contributed by atoms with van der Waals surface area (Å²) in [5.41, 5.74) is 0.592. The van der Waals surface area contributed by atoms with Crippen molar-refractivity contribution in [3.05, 3.63) is 29.8 Å². The summed E-state index contributed by atoms with van der Waals surface area (Å²) in [5, 5.41) is 28.1. The van der Waals surface area contributed by atoms with Gasteiger partial charge in [-0.25, -0.2) is 0 Å². The lowest BCUT2D eigenvalue weighted by Crippen LogP contribution is -2.53. The number of piperidine rings is 2. The third kappa shape index (κ3) is 4.17. The average Bonchev–Trinajstić information content (AvgIpc) is 2.59. The van der Waals surface area contributed by atoms with Crippen LogP contribution in [0.25, 0.3) is 0 Å². The van der Waals surface area contributed by atoms with Gasteiger partial charge in [-0.3, -0.25) is 4.90 Å². The molecule has 6 nitrogen and oxygen atoms in total. The molecule has 0 saturated carbocycles. The lowest BCUT2D eigenvalue weighted by Gasteiger charge is -2.44. The molecule has 1 aromatic rings. The van der Waals surface area contributed by atoms with E-state index in [2.05, 4.69) is 17.2 Å². The summed E-state index contributed by atoms with van der Waals surface area (Å²) in [4.78, 5) is 4.15. The van der Waals surface area contributed by atoms with Crippen LogP contribution in [0.1, 0.15) is 12.0 Å². The van der Waals surface area contributed by atoms with E-state index in [1.165, 1.54) is 6.42 Å². The first-order valence-corrected chi connectivity index (χ1v) is 8.34. The van der Waals surface area contributed by atoms with E-state index >= 15 is 0 Å². The molecule has 1 aromatic carbocycles. The van der Waals surface area contributed by atoms with Crippen molar-refractivity contribution in [2.45, 2.75) is 12.5 Å². The summed E-state index contributed by atoms with van der Waals surface area (Å²) in [7, 11) is 0. The highest BCUT2D eigenvalue weighted by Gasteiger charge is 2.34. The van der Waals surface area contributed by atoms with Gasteiger partial charge in [0.1, 0.15) is 18.5 Å². The molecule has 2 bridgehead atoms. The van der Waals surface area contributed by atoms with Crippen molar-refractivity contribution in [1.82, 2.24) is 9.80 Å². The molecule has 3 rings (SSSR count). The predicted molar refractivity (Wildman–Crippen MR) is 87.9 cm³/mol. The van der Waals surface area contributed by atoms with Crippen molar-refractivity contribution in [2.75, 3.05) is 39.3 Å². The van der Waals surface area contributed by atoms with Gasteiger partial charge < -0.3 is 14.7 Å². The smallest absolute Gasteiger partial charge is 0.179 e. The fourth-order valence-corrected chi connectivity index (χ4v) is 3.79. The van der Waals surface area contributed by atoms with E-state index in [1.54, 1.807) is 24.3 Å². The number of hydrogen-bond donors (Lipinski definition) is 1. The second-order valence-corrected chi connectivity index (χ2v) is 6.79. The number of hydrogen-bond acceptors (Lipinski definition) is 6. The number of likely N-dealkylation sites (tertiary alicyclic amines) is 2. The van der Waals surface area contributed by atoms with Crippen molar-refractivity contribution in [3.63, 3.8) is 0 Å². The number of fused-ring (bicyclic) bond motifs is 2. The van der Waals surface area contributed by atoms with Crippen molar-refractivity contribution in [1.29, 1.82) is 10.5 Å². The quantitative estimate of drug-likeness (QED) is 0.814. The number of nitrogens with zero attached hydrogens (tertiary/aromatic N) is 4. The van der Waals surface area contributed by atoms with Gasteiger partial charge in [0.15, 0.2) is 6.19 Å². The maximum atomic E-state index is 10.2. The van der Waals surface area contributed by atoms with Gasteiger partial charge in [0.2, 0.25) is 0 Å². The molecule has 0 aromatic heterocycles. The van der Waals surface area contributed by atoms with Gasteiger partial charge in [-0.2, -0.15) is 10.5 Å². The zero-order valence-corrected chi connectivity index (χ0v) is 13.6.